The molecule has 1 fully saturated rings. The van der Waals surface area contributed by atoms with E-state index >= 15 is 0 Å². The highest BCUT2D eigenvalue weighted by atomic mass is 16.1. The Kier molecular flexibility index (Phi) is 5.08. The van der Waals surface area contributed by atoms with Gasteiger partial charge in [-0.05, 0) is 13.0 Å². The Labute approximate surface area is 90.4 Å². The van der Waals surface area contributed by atoms with E-state index in [-0.39, 0.29) is 18.4 Å². The van der Waals surface area contributed by atoms with E-state index in [1.54, 1.807) is 7.05 Å². The highest BCUT2D eigenvalue weighted by Crippen LogP contribution is 2.06. The van der Waals surface area contributed by atoms with Gasteiger partial charge >= 0.3 is 0 Å². The zero-order chi connectivity index (χ0) is 11.1. The lowest BCUT2D eigenvalue weighted by Crippen LogP contribution is -2.40. The topological polar surface area (TPSA) is 68.2 Å². The second-order valence-electron chi connectivity index (χ2n) is 3.66. The van der Waals surface area contributed by atoms with Crippen molar-refractivity contribution in [3.8, 4) is 6.07 Å². The molecule has 1 unspecified atom stereocenters. The van der Waals surface area contributed by atoms with Gasteiger partial charge in [-0.3, -0.25) is 9.69 Å². The summed E-state index contributed by atoms with van der Waals surface area (Å²) in [5.41, 5.74) is 0. The number of hydrogen-bond acceptors (Lipinski definition) is 4. The molecule has 1 rings (SSSR count). The van der Waals surface area contributed by atoms with E-state index in [9.17, 15) is 4.79 Å². The van der Waals surface area contributed by atoms with Crippen LogP contribution < -0.4 is 10.6 Å². The summed E-state index contributed by atoms with van der Waals surface area (Å²) in [5.74, 6) is -0.0706. The molecule has 1 amide bonds. The molecule has 0 saturated carbocycles. The van der Waals surface area contributed by atoms with Crippen LogP contribution in [0, 0.1) is 11.3 Å². The maximum absolute atomic E-state index is 11.2. The van der Waals surface area contributed by atoms with Gasteiger partial charge in [0.1, 0.15) is 6.04 Å². The number of hydrogen-bond donors (Lipinski definition) is 2. The van der Waals surface area contributed by atoms with Crippen LogP contribution in [-0.2, 0) is 4.79 Å². The first-order valence-corrected chi connectivity index (χ1v) is 5.33. The SMILES string of the molecule is CNC(=O)CC(C#N)N1CCCNCC1. The lowest BCUT2D eigenvalue weighted by atomic mass is 10.1. The zero-order valence-corrected chi connectivity index (χ0v) is 9.12. The maximum Gasteiger partial charge on any atom is 0.222 e. The van der Waals surface area contributed by atoms with Gasteiger partial charge in [-0.2, -0.15) is 5.26 Å². The number of nitrogens with zero attached hydrogens (tertiary/aromatic N) is 2. The summed E-state index contributed by atoms with van der Waals surface area (Å²) in [4.78, 5) is 13.3. The van der Waals surface area contributed by atoms with Crippen molar-refractivity contribution < 1.29 is 4.79 Å². The van der Waals surface area contributed by atoms with Gasteiger partial charge in [-0.1, -0.05) is 0 Å². The Bertz CT molecular complexity index is 240. The summed E-state index contributed by atoms with van der Waals surface area (Å²) >= 11 is 0. The molecule has 84 valence electrons. The van der Waals surface area contributed by atoms with E-state index in [1.807, 2.05) is 0 Å². The van der Waals surface area contributed by atoms with Crippen LogP contribution in [-0.4, -0.2) is 50.1 Å². The van der Waals surface area contributed by atoms with Crippen LogP contribution in [0.4, 0.5) is 0 Å². The largest absolute Gasteiger partial charge is 0.359 e. The average Bonchev–Trinajstić information content (AvgIpc) is 2.54. The molecule has 0 aliphatic carbocycles. The van der Waals surface area contributed by atoms with E-state index in [2.05, 4.69) is 21.6 Å². The van der Waals surface area contributed by atoms with E-state index in [0.29, 0.717) is 0 Å². The second kappa shape index (κ2) is 6.38. The van der Waals surface area contributed by atoms with Crippen LogP contribution in [0.2, 0.25) is 0 Å². The second-order valence-corrected chi connectivity index (χ2v) is 3.66. The number of nitrogens with one attached hydrogen (secondary N) is 2. The molecule has 1 aliphatic heterocycles. The first kappa shape index (κ1) is 12.0. The third kappa shape index (κ3) is 3.86. The van der Waals surface area contributed by atoms with Gasteiger partial charge < -0.3 is 10.6 Å². The monoisotopic (exact) mass is 210 g/mol. The smallest absolute Gasteiger partial charge is 0.222 e. The minimum atomic E-state index is -0.287. The van der Waals surface area contributed by atoms with Crippen molar-refractivity contribution in [2.45, 2.75) is 18.9 Å². The highest BCUT2D eigenvalue weighted by molar-refractivity contribution is 5.76. The van der Waals surface area contributed by atoms with E-state index in [4.69, 9.17) is 5.26 Å². The predicted octanol–water partition coefficient (Wildman–Crippen LogP) is -0.690. The first-order chi connectivity index (χ1) is 7.27. The molecule has 1 heterocycles. The normalized spacial score (nSPS) is 20.0. The van der Waals surface area contributed by atoms with Crippen molar-refractivity contribution in [2.75, 3.05) is 33.2 Å². The summed E-state index contributed by atoms with van der Waals surface area (Å²) in [6, 6.07) is 1.91. The van der Waals surface area contributed by atoms with Gasteiger partial charge in [0.05, 0.1) is 12.5 Å². The van der Waals surface area contributed by atoms with Crippen LogP contribution >= 0.6 is 0 Å². The van der Waals surface area contributed by atoms with Crippen LogP contribution in [0.3, 0.4) is 0 Å². The minimum absolute atomic E-state index is 0.0706. The Balaban J connectivity index is 2.49. The summed E-state index contributed by atoms with van der Waals surface area (Å²) in [7, 11) is 1.60. The van der Waals surface area contributed by atoms with Crippen molar-refractivity contribution in [1.82, 2.24) is 15.5 Å². The molecule has 0 aromatic heterocycles. The Morgan fingerprint density at radius 1 is 1.60 bits per heavy atom. The number of rotatable bonds is 3. The molecule has 1 atom stereocenters. The summed E-state index contributed by atoms with van der Waals surface area (Å²) < 4.78 is 0. The fourth-order valence-electron chi connectivity index (χ4n) is 1.71. The highest BCUT2D eigenvalue weighted by Gasteiger charge is 2.21. The summed E-state index contributed by atoms with van der Waals surface area (Å²) in [6.45, 7) is 3.62. The van der Waals surface area contributed by atoms with Crippen LogP contribution in [0.1, 0.15) is 12.8 Å². The molecule has 0 bridgehead atoms. The standard InChI is InChI=1S/C10H18N4O/c1-12-10(15)7-9(8-11)14-5-2-3-13-4-6-14/h9,13H,2-7H2,1H3,(H,12,15). The van der Waals surface area contributed by atoms with Crippen molar-refractivity contribution in [2.24, 2.45) is 0 Å². The van der Waals surface area contributed by atoms with Gasteiger partial charge in [-0.15, -0.1) is 0 Å². The van der Waals surface area contributed by atoms with Gasteiger partial charge in [0.25, 0.3) is 0 Å². The molecule has 5 nitrogen and oxygen atoms in total. The van der Waals surface area contributed by atoms with Crippen molar-refractivity contribution in [3.05, 3.63) is 0 Å². The number of carbonyl (C=O) groups excluding carboxylic acids is 1. The Morgan fingerprint density at radius 3 is 3.07 bits per heavy atom. The third-order valence-electron chi connectivity index (χ3n) is 2.62. The molecule has 15 heavy (non-hydrogen) atoms. The van der Waals surface area contributed by atoms with Gasteiger partial charge in [0.15, 0.2) is 0 Å². The Morgan fingerprint density at radius 2 is 2.40 bits per heavy atom. The van der Waals surface area contributed by atoms with Gasteiger partial charge in [0.2, 0.25) is 5.91 Å². The fraction of sp³-hybridized carbons (Fsp3) is 0.800. The van der Waals surface area contributed by atoms with Crippen LogP contribution in [0.5, 0.6) is 0 Å². The summed E-state index contributed by atoms with van der Waals surface area (Å²) in [5, 5.41) is 14.8. The van der Waals surface area contributed by atoms with Gasteiger partial charge in [0, 0.05) is 26.7 Å². The molecular weight excluding hydrogens is 192 g/mol. The molecule has 0 aromatic rings. The average molecular weight is 210 g/mol. The lowest BCUT2D eigenvalue weighted by Gasteiger charge is -2.24. The zero-order valence-electron chi connectivity index (χ0n) is 9.12. The molecule has 1 saturated heterocycles. The number of carbonyl (C=O) groups is 1. The molecular formula is C10H18N4O. The van der Waals surface area contributed by atoms with Crippen LogP contribution in [0.15, 0.2) is 0 Å². The molecule has 0 radical (unpaired) electrons. The van der Waals surface area contributed by atoms with Crippen LogP contribution in [0.25, 0.3) is 0 Å². The molecule has 2 N–H and O–H groups in total. The number of amides is 1. The third-order valence-corrected chi connectivity index (χ3v) is 2.62. The van der Waals surface area contributed by atoms with Crippen molar-refractivity contribution in [1.29, 1.82) is 5.26 Å². The fourth-order valence-corrected chi connectivity index (χ4v) is 1.71. The molecule has 0 aromatic carbocycles. The first-order valence-electron chi connectivity index (χ1n) is 5.33. The Hall–Kier alpha value is -1.12. The van der Waals surface area contributed by atoms with Crippen molar-refractivity contribution in [3.63, 3.8) is 0 Å². The summed E-state index contributed by atoms with van der Waals surface area (Å²) in [6.07, 6.45) is 1.30. The van der Waals surface area contributed by atoms with E-state index < -0.39 is 0 Å². The molecule has 5 heteroatoms. The van der Waals surface area contributed by atoms with E-state index in [0.717, 1.165) is 32.6 Å². The molecule has 1 aliphatic rings. The lowest BCUT2D eigenvalue weighted by molar-refractivity contribution is -0.121. The maximum atomic E-state index is 11.2. The van der Waals surface area contributed by atoms with Crippen molar-refractivity contribution >= 4 is 5.91 Å². The molecule has 0 spiro atoms. The number of nitriles is 1. The predicted molar refractivity (Wildman–Crippen MR) is 57.1 cm³/mol. The van der Waals surface area contributed by atoms with E-state index in [1.165, 1.54) is 0 Å². The van der Waals surface area contributed by atoms with Gasteiger partial charge in [-0.25, -0.2) is 0 Å². The quantitative estimate of drug-likeness (QED) is 0.647. The minimum Gasteiger partial charge on any atom is -0.359 e.